The average molecular weight is 586 g/mol. The molecule has 2 N–H and O–H groups in total. The van der Waals surface area contributed by atoms with Crippen molar-refractivity contribution in [2.24, 2.45) is 4.99 Å². The number of carbonyl (C=O) groups excluding carboxylic acids is 1. The number of non-ortho nitro benzene ring substituents is 1. The summed E-state index contributed by atoms with van der Waals surface area (Å²) in [5.74, 6) is -0.629. The molecule has 0 unspecified atom stereocenters. The van der Waals surface area contributed by atoms with Gasteiger partial charge >= 0.3 is 5.97 Å². The second kappa shape index (κ2) is 11.5. The Morgan fingerprint density at radius 2 is 1.80 bits per heavy atom. The number of nitrogens with zero attached hydrogens (tertiary/aromatic N) is 5. The molecule has 206 valence electrons. The first-order valence-corrected chi connectivity index (χ1v) is 13.2. The first-order chi connectivity index (χ1) is 19.0. The van der Waals surface area contributed by atoms with Crippen LogP contribution in [0.2, 0.25) is 5.15 Å². The first kappa shape index (κ1) is 28.1. The molecule has 14 nitrogen and oxygen atoms in total. The number of carbonyl (C=O) groups is 1. The molecule has 0 aliphatic carbocycles. The second-order valence-corrected chi connectivity index (χ2v) is 10.2. The van der Waals surface area contributed by atoms with Gasteiger partial charge in [-0.3, -0.25) is 34.5 Å². The van der Waals surface area contributed by atoms with Gasteiger partial charge in [0.15, 0.2) is 11.0 Å². The fourth-order valence-corrected chi connectivity index (χ4v) is 4.72. The van der Waals surface area contributed by atoms with Crippen molar-refractivity contribution in [3.05, 3.63) is 97.5 Å². The molecule has 2 aromatic heterocycles. The molecule has 0 fully saturated rings. The number of nitrogens with one attached hydrogen (secondary N) is 2. The Labute approximate surface area is 231 Å². The van der Waals surface area contributed by atoms with Crippen LogP contribution in [0.1, 0.15) is 18.2 Å². The summed E-state index contributed by atoms with van der Waals surface area (Å²) in [5.41, 5.74) is 0.445. The SMILES string of the molecule is COC(=O)Cc1[nH]n(-c2ccc([N+](=O)[O-])cc2)c(=O)c1C(C)=Nc1ccc(S(=O)(=O)Nc2ccc(Cl)nn2)cc1. The van der Waals surface area contributed by atoms with E-state index in [0.29, 0.717) is 11.4 Å². The molecule has 0 spiro atoms. The molecule has 0 radical (unpaired) electrons. The Kier molecular flexibility index (Phi) is 8.06. The zero-order valence-corrected chi connectivity index (χ0v) is 22.4. The van der Waals surface area contributed by atoms with Crippen molar-refractivity contribution < 1.29 is 22.9 Å². The van der Waals surface area contributed by atoms with Crippen molar-refractivity contribution in [3.8, 4) is 5.69 Å². The number of sulfonamides is 1. The lowest BCUT2D eigenvalue weighted by atomic mass is 10.1. The van der Waals surface area contributed by atoms with Gasteiger partial charge in [0.05, 0.1) is 51.7 Å². The third-order valence-electron chi connectivity index (χ3n) is 5.51. The Hall–Kier alpha value is -4.89. The maximum atomic E-state index is 13.3. The number of aliphatic imine (C=N–C) groups is 1. The number of aromatic amines is 1. The molecule has 0 saturated heterocycles. The minimum atomic E-state index is -3.99. The summed E-state index contributed by atoms with van der Waals surface area (Å²) in [6.07, 6.45) is -0.273. The summed E-state index contributed by atoms with van der Waals surface area (Å²) in [6.45, 7) is 1.55. The number of methoxy groups -OCH3 is 1. The molecule has 0 atom stereocenters. The van der Waals surface area contributed by atoms with Gasteiger partial charge in [-0.05, 0) is 55.5 Å². The number of rotatable bonds is 9. The average Bonchev–Trinajstić information content (AvgIpc) is 3.25. The van der Waals surface area contributed by atoms with Gasteiger partial charge in [0, 0.05) is 12.1 Å². The topological polar surface area (TPSA) is 192 Å². The van der Waals surface area contributed by atoms with Gasteiger partial charge in [-0.2, -0.15) is 0 Å². The molecule has 0 amide bonds. The summed E-state index contributed by atoms with van der Waals surface area (Å²) in [4.78, 5) is 40.1. The van der Waals surface area contributed by atoms with Crippen LogP contribution in [0.15, 0.2) is 75.3 Å². The third kappa shape index (κ3) is 6.22. The third-order valence-corrected chi connectivity index (χ3v) is 7.08. The van der Waals surface area contributed by atoms with E-state index >= 15 is 0 Å². The summed E-state index contributed by atoms with van der Waals surface area (Å²) in [6, 6.07) is 13.5. The van der Waals surface area contributed by atoms with Crippen LogP contribution in [0.4, 0.5) is 17.2 Å². The normalized spacial score (nSPS) is 11.7. The molecule has 0 aliphatic rings. The molecular weight excluding hydrogens is 566 g/mol. The Morgan fingerprint density at radius 1 is 1.12 bits per heavy atom. The van der Waals surface area contributed by atoms with E-state index in [4.69, 9.17) is 16.3 Å². The number of anilines is 1. The van der Waals surface area contributed by atoms with E-state index in [1.54, 1.807) is 6.92 Å². The fraction of sp³-hybridized carbons (Fsp3) is 0.125. The van der Waals surface area contributed by atoms with Crippen LogP contribution < -0.4 is 10.3 Å². The van der Waals surface area contributed by atoms with E-state index in [2.05, 4.69) is 25.0 Å². The number of benzene rings is 2. The van der Waals surface area contributed by atoms with E-state index in [1.807, 2.05) is 0 Å². The number of nitro groups is 1. The van der Waals surface area contributed by atoms with Crippen LogP contribution in [0.25, 0.3) is 5.69 Å². The zero-order chi connectivity index (χ0) is 29.0. The van der Waals surface area contributed by atoms with Crippen molar-refractivity contribution >= 4 is 50.5 Å². The predicted molar refractivity (Wildman–Crippen MR) is 145 cm³/mol. The summed E-state index contributed by atoms with van der Waals surface area (Å²) in [5, 5.41) is 21.2. The fourth-order valence-electron chi connectivity index (χ4n) is 3.62. The Morgan fingerprint density at radius 3 is 2.38 bits per heavy atom. The molecule has 0 bridgehead atoms. The summed E-state index contributed by atoms with van der Waals surface area (Å²) in [7, 11) is -2.78. The monoisotopic (exact) mass is 585 g/mol. The van der Waals surface area contributed by atoms with E-state index < -0.39 is 26.5 Å². The van der Waals surface area contributed by atoms with Gasteiger partial charge in [0.1, 0.15) is 0 Å². The highest BCUT2D eigenvalue weighted by Crippen LogP contribution is 2.21. The number of ether oxygens (including phenoxy) is 1. The first-order valence-electron chi connectivity index (χ1n) is 11.3. The number of hydrogen-bond donors (Lipinski definition) is 2. The van der Waals surface area contributed by atoms with Crippen LogP contribution in [-0.4, -0.2) is 52.1 Å². The smallest absolute Gasteiger partial charge is 0.311 e. The Bertz CT molecular complexity index is 1760. The highest BCUT2D eigenvalue weighted by atomic mass is 35.5. The summed E-state index contributed by atoms with van der Waals surface area (Å²) < 4.78 is 33.5. The number of H-pyrrole nitrogens is 1. The molecule has 0 aliphatic heterocycles. The van der Waals surface area contributed by atoms with E-state index in [0.717, 1.165) is 4.68 Å². The van der Waals surface area contributed by atoms with Gasteiger partial charge < -0.3 is 4.74 Å². The van der Waals surface area contributed by atoms with Gasteiger partial charge in [-0.15, -0.1) is 10.2 Å². The highest BCUT2D eigenvalue weighted by molar-refractivity contribution is 7.92. The maximum absolute atomic E-state index is 13.3. The van der Waals surface area contributed by atoms with Crippen molar-refractivity contribution in [1.29, 1.82) is 0 Å². The van der Waals surface area contributed by atoms with Crippen molar-refractivity contribution in [2.45, 2.75) is 18.2 Å². The second-order valence-electron chi connectivity index (χ2n) is 8.17. The molecule has 40 heavy (non-hydrogen) atoms. The summed E-state index contributed by atoms with van der Waals surface area (Å²) >= 11 is 5.67. The molecule has 4 rings (SSSR count). The lowest BCUT2D eigenvalue weighted by Crippen LogP contribution is -2.20. The van der Waals surface area contributed by atoms with E-state index in [1.165, 1.54) is 67.8 Å². The van der Waals surface area contributed by atoms with Crippen molar-refractivity contribution in [1.82, 2.24) is 20.0 Å². The highest BCUT2D eigenvalue weighted by Gasteiger charge is 2.21. The standard InChI is InChI=1S/C24H20ClN7O7S/c1-14(26-15-3-9-18(10-4-15)40(37,38)30-21-12-11-20(25)27-28-21)23-19(13-22(33)39-2)29-31(24(23)34)16-5-7-17(8-6-16)32(35)36/h3-12,29H,13H2,1-2H3,(H,28,30). The van der Waals surface area contributed by atoms with Crippen molar-refractivity contribution in [2.75, 3.05) is 11.8 Å². The number of nitro benzene ring substituents is 1. The molecular formula is C24H20ClN7O7S. The number of hydrogen-bond acceptors (Lipinski definition) is 10. The minimum absolute atomic E-state index is 0.0164. The molecule has 2 heterocycles. The largest absolute Gasteiger partial charge is 0.469 e. The zero-order valence-electron chi connectivity index (χ0n) is 20.9. The van der Waals surface area contributed by atoms with Crippen LogP contribution in [0, 0.1) is 10.1 Å². The van der Waals surface area contributed by atoms with Gasteiger partial charge in [-0.25, -0.2) is 13.1 Å². The van der Waals surface area contributed by atoms with Crippen LogP contribution >= 0.6 is 11.6 Å². The molecule has 2 aromatic carbocycles. The van der Waals surface area contributed by atoms with Crippen molar-refractivity contribution in [3.63, 3.8) is 0 Å². The van der Waals surface area contributed by atoms with Crippen LogP contribution in [-0.2, 0) is 26.0 Å². The maximum Gasteiger partial charge on any atom is 0.311 e. The van der Waals surface area contributed by atoms with Gasteiger partial charge in [-0.1, -0.05) is 11.6 Å². The molecule has 4 aromatic rings. The predicted octanol–water partition coefficient (Wildman–Crippen LogP) is 3.17. The molecule has 16 heteroatoms. The number of aromatic nitrogens is 4. The van der Waals surface area contributed by atoms with E-state index in [9.17, 15) is 28.1 Å². The van der Waals surface area contributed by atoms with Crippen LogP contribution in [0.5, 0.6) is 0 Å². The number of esters is 1. The minimum Gasteiger partial charge on any atom is -0.469 e. The quantitative estimate of drug-likeness (QED) is 0.128. The van der Waals surface area contributed by atoms with Crippen LogP contribution in [0.3, 0.4) is 0 Å². The lowest BCUT2D eigenvalue weighted by molar-refractivity contribution is -0.384. The van der Waals surface area contributed by atoms with E-state index in [-0.39, 0.29) is 44.9 Å². The lowest BCUT2D eigenvalue weighted by Gasteiger charge is -2.07. The van der Waals surface area contributed by atoms with Gasteiger partial charge in [0.25, 0.3) is 21.3 Å². The molecule has 0 saturated carbocycles. The Balaban J connectivity index is 1.66. The van der Waals surface area contributed by atoms with Gasteiger partial charge in [0.2, 0.25) is 0 Å². The number of halogens is 1.